The molecule has 1 saturated carbocycles. The van der Waals surface area contributed by atoms with Crippen LogP contribution in [0.2, 0.25) is 0 Å². The highest BCUT2D eigenvalue weighted by Gasteiger charge is 2.38. The van der Waals surface area contributed by atoms with Crippen molar-refractivity contribution in [2.75, 3.05) is 26.9 Å². The second-order valence-corrected chi connectivity index (χ2v) is 5.45. The minimum Gasteiger partial charge on any atom is -0.469 e. The Bertz CT molecular complexity index is 317. The van der Waals surface area contributed by atoms with Crippen LogP contribution >= 0.6 is 0 Å². The van der Waals surface area contributed by atoms with Crippen LogP contribution in [0.25, 0.3) is 0 Å². The molecule has 0 aromatic heterocycles. The molecule has 1 saturated heterocycles. The Morgan fingerprint density at radius 3 is 2.53 bits per heavy atom. The molecule has 1 heterocycles. The Morgan fingerprint density at radius 1 is 1.32 bits per heavy atom. The maximum atomic E-state index is 13.0. The van der Waals surface area contributed by atoms with Crippen LogP contribution < -0.4 is 0 Å². The van der Waals surface area contributed by atoms with Gasteiger partial charge in [0.1, 0.15) is 0 Å². The number of nitrogens with zero attached hydrogens (tertiary/aromatic N) is 1. The SMILES string of the molecule is COC(=O)C1CCC(OCN2CCC(F)(F)C2)CC1. The summed E-state index contributed by atoms with van der Waals surface area (Å²) in [6.45, 7) is 0.457. The highest BCUT2D eigenvalue weighted by molar-refractivity contribution is 5.72. The number of likely N-dealkylation sites (tertiary alicyclic amines) is 1. The second kappa shape index (κ2) is 6.13. The number of methoxy groups -OCH3 is 1. The van der Waals surface area contributed by atoms with E-state index in [1.54, 1.807) is 4.90 Å². The van der Waals surface area contributed by atoms with Gasteiger partial charge in [-0.05, 0) is 25.7 Å². The van der Waals surface area contributed by atoms with E-state index in [0.717, 1.165) is 25.7 Å². The fourth-order valence-corrected chi connectivity index (χ4v) is 2.76. The summed E-state index contributed by atoms with van der Waals surface area (Å²) in [7, 11) is 1.40. The van der Waals surface area contributed by atoms with Gasteiger partial charge in [-0.3, -0.25) is 9.69 Å². The second-order valence-electron chi connectivity index (χ2n) is 5.45. The first-order valence-electron chi connectivity index (χ1n) is 6.80. The van der Waals surface area contributed by atoms with Gasteiger partial charge in [0.15, 0.2) is 0 Å². The zero-order valence-corrected chi connectivity index (χ0v) is 11.2. The monoisotopic (exact) mass is 277 g/mol. The molecule has 2 rings (SSSR count). The van der Waals surface area contributed by atoms with Crippen LogP contribution in [0.1, 0.15) is 32.1 Å². The Labute approximate surface area is 112 Å². The molecule has 0 atom stereocenters. The molecule has 1 aliphatic heterocycles. The van der Waals surface area contributed by atoms with Crippen molar-refractivity contribution in [3.63, 3.8) is 0 Å². The summed E-state index contributed by atoms with van der Waals surface area (Å²) >= 11 is 0. The van der Waals surface area contributed by atoms with E-state index in [4.69, 9.17) is 9.47 Å². The number of carbonyl (C=O) groups excluding carboxylic acids is 1. The Morgan fingerprint density at radius 2 is 2.00 bits per heavy atom. The quantitative estimate of drug-likeness (QED) is 0.737. The molecule has 0 radical (unpaired) electrons. The van der Waals surface area contributed by atoms with Crippen LogP contribution in [0.3, 0.4) is 0 Å². The molecule has 0 unspecified atom stereocenters. The topological polar surface area (TPSA) is 38.8 Å². The largest absolute Gasteiger partial charge is 0.469 e. The lowest BCUT2D eigenvalue weighted by molar-refractivity contribution is -0.148. The van der Waals surface area contributed by atoms with Gasteiger partial charge in [-0.1, -0.05) is 0 Å². The van der Waals surface area contributed by atoms with Gasteiger partial charge in [0.2, 0.25) is 0 Å². The first-order valence-corrected chi connectivity index (χ1v) is 6.80. The van der Waals surface area contributed by atoms with E-state index in [1.807, 2.05) is 0 Å². The molecule has 6 heteroatoms. The van der Waals surface area contributed by atoms with Gasteiger partial charge in [-0.15, -0.1) is 0 Å². The number of hydrogen-bond donors (Lipinski definition) is 0. The van der Waals surface area contributed by atoms with E-state index in [2.05, 4.69) is 0 Å². The minimum atomic E-state index is -2.56. The highest BCUT2D eigenvalue weighted by atomic mass is 19.3. The third-order valence-corrected chi connectivity index (χ3v) is 3.95. The Hall–Kier alpha value is -0.750. The van der Waals surface area contributed by atoms with Crippen LogP contribution in [-0.2, 0) is 14.3 Å². The summed E-state index contributed by atoms with van der Waals surface area (Å²) in [6.07, 6.45) is 3.11. The molecule has 0 spiro atoms. The summed E-state index contributed by atoms with van der Waals surface area (Å²) in [5.41, 5.74) is 0. The molecule has 0 bridgehead atoms. The molecule has 0 amide bonds. The molecule has 4 nitrogen and oxygen atoms in total. The maximum Gasteiger partial charge on any atom is 0.308 e. The van der Waals surface area contributed by atoms with E-state index >= 15 is 0 Å². The van der Waals surface area contributed by atoms with Crippen LogP contribution in [0.15, 0.2) is 0 Å². The average molecular weight is 277 g/mol. The van der Waals surface area contributed by atoms with Crippen molar-refractivity contribution in [2.24, 2.45) is 5.92 Å². The Kier molecular flexibility index (Phi) is 4.73. The third kappa shape index (κ3) is 4.11. The fraction of sp³-hybridized carbons (Fsp3) is 0.923. The summed E-state index contributed by atoms with van der Waals surface area (Å²) in [6, 6.07) is 0. The number of halogens is 2. The van der Waals surface area contributed by atoms with Crippen LogP contribution in [0.4, 0.5) is 8.78 Å². The van der Waals surface area contributed by atoms with Crippen LogP contribution in [0.5, 0.6) is 0 Å². The van der Waals surface area contributed by atoms with Gasteiger partial charge in [0.25, 0.3) is 5.92 Å². The van der Waals surface area contributed by atoms with E-state index in [1.165, 1.54) is 7.11 Å². The van der Waals surface area contributed by atoms with Gasteiger partial charge in [-0.25, -0.2) is 8.78 Å². The van der Waals surface area contributed by atoms with Crippen molar-refractivity contribution < 1.29 is 23.0 Å². The van der Waals surface area contributed by atoms with Gasteiger partial charge < -0.3 is 9.47 Å². The number of ether oxygens (including phenoxy) is 2. The summed E-state index contributed by atoms with van der Waals surface area (Å²) in [5.74, 6) is -2.75. The number of rotatable bonds is 4. The predicted molar refractivity (Wildman–Crippen MR) is 64.9 cm³/mol. The van der Waals surface area contributed by atoms with Gasteiger partial charge >= 0.3 is 5.97 Å². The fourth-order valence-electron chi connectivity index (χ4n) is 2.76. The van der Waals surface area contributed by atoms with Crippen molar-refractivity contribution in [1.29, 1.82) is 0 Å². The van der Waals surface area contributed by atoms with Crippen molar-refractivity contribution in [1.82, 2.24) is 4.90 Å². The van der Waals surface area contributed by atoms with Crippen molar-refractivity contribution in [2.45, 2.75) is 44.1 Å². The predicted octanol–water partition coefficient (Wildman–Crippen LogP) is 2.03. The molecule has 0 N–H and O–H groups in total. The highest BCUT2D eigenvalue weighted by Crippen LogP contribution is 2.29. The Balaban J connectivity index is 1.65. The zero-order valence-electron chi connectivity index (χ0n) is 11.2. The van der Waals surface area contributed by atoms with Crippen molar-refractivity contribution in [3.8, 4) is 0 Å². The summed E-state index contributed by atoms with van der Waals surface area (Å²) in [4.78, 5) is 13.0. The number of hydrogen-bond acceptors (Lipinski definition) is 4. The molecular formula is C13H21F2NO3. The van der Waals surface area contributed by atoms with Crippen LogP contribution in [-0.4, -0.2) is 49.8 Å². The average Bonchev–Trinajstić information content (AvgIpc) is 2.76. The molecular weight excluding hydrogens is 256 g/mol. The zero-order chi connectivity index (χ0) is 13.9. The van der Waals surface area contributed by atoms with Crippen molar-refractivity contribution in [3.05, 3.63) is 0 Å². The molecule has 110 valence electrons. The van der Waals surface area contributed by atoms with Crippen molar-refractivity contribution >= 4 is 5.97 Å². The normalized spacial score (nSPS) is 31.3. The lowest BCUT2D eigenvalue weighted by atomic mass is 9.87. The van der Waals surface area contributed by atoms with E-state index in [9.17, 15) is 13.6 Å². The molecule has 0 aromatic carbocycles. The van der Waals surface area contributed by atoms with E-state index < -0.39 is 5.92 Å². The lowest BCUT2D eigenvalue weighted by Crippen LogP contribution is -2.32. The number of alkyl halides is 2. The van der Waals surface area contributed by atoms with E-state index in [-0.39, 0.29) is 37.7 Å². The summed E-state index contributed by atoms with van der Waals surface area (Å²) in [5, 5.41) is 0. The molecule has 2 aliphatic rings. The molecule has 2 fully saturated rings. The standard InChI is InChI=1S/C13H21F2NO3/c1-18-12(17)10-2-4-11(5-3-10)19-9-16-7-6-13(14,15)8-16/h10-11H,2-9H2,1H3. The molecule has 0 aromatic rings. The number of esters is 1. The van der Waals surface area contributed by atoms with Gasteiger partial charge in [0, 0.05) is 13.0 Å². The van der Waals surface area contributed by atoms with Gasteiger partial charge in [0.05, 0.1) is 32.4 Å². The minimum absolute atomic E-state index is 0.0269. The molecule has 1 aliphatic carbocycles. The van der Waals surface area contributed by atoms with E-state index in [0.29, 0.717) is 6.54 Å². The number of carbonyl (C=O) groups is 1. The first-order chi connectivity index (χ1) is 9.00. The smallest absolute Gasteiger partial charge is 0.308 e. The molecule has 19 heavy (non-hydrogen) atoms. The maximum absolute atomic E-state index is 13.0. The summed E-state index contributed by atoms with van der Waals surface area (Å²) < 4.78 is 36.4. The third-order valence-electron chi connectivity index (χ3n) is 3.95. The van der Waals surface area contributed by atoms with Gasteiger partial charge in [-0.2, -0.15) is 0 Å². The first kappa shape index (κ1) is 14.7. The lowest BCUT2D eigenvalue weighted by Gasteiger charge is -2.28. The van der Waals surface area contributed by atoms with Crippen LogP contribution in [0, 0.1) is 5.92 Å².